The first-order valence-electron chi connectivity index (χ1n) is 5.99. The molecule has 0 saturated carbocycles. The van der Waals surface area contributed by atoms with E-state index in [0.717, 1.165) is 0 Å². The highest BCUT2D eigenvalue weighted by Crippen LogP contribution is 2.23. The molecule has 1 aromatic rings. The minimum atomic E-state index is -0.831. The van der Waals surface area contributed by atoms with Crippen molar-refractivity contribution in [2.24, 2.45) is 13.0 Å². The molecule has 8 nitrogen and oxygen atoms in total. The lowest BCUT2D eigenvalue weighted by molar-refractivity contribution is -0.388. The van der Waals surface area contributed by atoms with E-state index in [1.807, 2.05) is 0 Å². The van der Waals surface area contributed by atoms with Crippen LogP contribution in [0.25, 0.3) is 0 Å². The maximum Gasteiger partial charge on any atom is 0.406 e. The van der Waals surface area contributed by atoms with Crippen molar-refractivity contribution in [2.45, 2.75) is 26.7 Å². The summed E-state index contributed by atoms with van der Waals surface area (Å²) in [5.74, 6) is -0.544. The Labute approximate surface area is 110 Å². The monoisotopic (exact) mass is 270 g/mol. The van der Waals surface area contributed by atoms with Gasteiger partial charge in [-0.3, -0.25) is 9.36 Å². The Kier molecular flexibility index (Phi) is 4.85. The van der Waals surface area contributed by atoms with Crippen LogP contribution in [0, 0.1) is 23.0 Å². The highest BCUT2D eigenvalue weighted by Gasteiger charge is 2.23. The standard InChI is InChI=1S/C11H18N4O4/c1-7(11(16)17)5-4-6-12-9-10(15(18)19)13-8(2)14(9)3/h7,12H,4-6H2,1-3H3,(H,16,17). The molecule has 1 aromatic heterocycles. The number of aromatic nitrogens is 2. The second kappa shape index (κ2) is 6.17. The van der Waals surface area contributed by atoms with Crippen LogP contribution in [0.2, 0.25) is 0 Å². The zero-order valence-corrected chi connectivity index (χ0v) is 11.2. The third-order valence-electron chi connectivity index (χ3n) is 3.00. The van der Waals surface area contributed by atoms with Gasteiger partial charge in [-0.2, -0.15) is 0 Å². The van der Waals surface area contributed by atoms with Gasteiger partial charge in [0.1, 0.15) is 0 Å². The van der Waals surface area contributed by atoms with E-state index >= 15 is 0 Å². The molecule has 19 heavy (non-hydrogen) atoms. The van der Waals surface area contributed by atoms with Crippen LogP contribution in [0.1, 0.15) is 25.6 Å². The first kappa shape index (κ1) is 14.9. The summed E-state index contributed by atoms with van der Waals surface area (Å²) in [4.78, 5) is 24.8. The van der Waals surface area contributed by atoms with Gasteiger partial charge in [0.05, 0.1) is 5.92 Å². The number of aliphatic carboxylic acids is 1. The second-order valence-electron chi connectivity index (χ2n) is 4.46. The van der Waals surface area contributed by atoms with Gasteiger partial charge >= 0.3 is 11.8 Å². The Hall–Kier alpha value is -2.12. The van der Waals surface area contributed by atoms with Crippen molar-refractivity contribution in [3.8, 4) is 0 Å². The van der Waals surface area contributed by atoms with E-state index in [1.165, 1.54) is 0 Å². The molecule has 0 amide bonds. The van der Waals surface area contributed by atoms with Crippen molar-refractivity contribution in [3.05, 3.63) is 15.9 Å². The summed E-state index contributed by atoms with van der Waals surface area (Å²) in [7, 11) is 1.69. The number of carbonyl (C=O) groups is 1. The quantitative estimate of drug-likeness (QED) is 0.442. The van der Waals surface area contributed by atoms with Crippen molar-refractivity contribution >= 4 is 17.6 Å². The minimum absolute atomic E-state index is 0.203. The molecule has 106 valence electrons. The summed E-state index contributed by atoms with van der Waals surface area (Å²) in [5.41, 5.74) is 0. The molecule has 1 heterocycles. The zero-order valence-electron chi connectivity index (χ0n) is 11.2. The average molecular weight is 270 g/mol. The van der Waals surface area contributed by atoms with E-state index in [2.05, 4.69) is 10.3 Å². The number of nitro groups is 1. The number of carboxylic acid groups (broad SMARTS) is 1. The smallest absolute Gasteiger partial charge is 0.406 e. The molecule has 0 fully saturated rings. The van der Waals surface area contributed by atoms with Crippen LogP contribution < -0.4 is 5.32 Å². The number of aryl methyl sites for hydroxylation is 1. The predicted octanol–water partition coefficient (Wildman–Crippen LogP) is 1.55. The summed E-state index contributed by atoms with van der Waals surface area (Å²) in [6.45, 7) is 3.79. The largest absolute Gasteiger partial charge is 0.481 e. The molecule has 0 aliphatic carbocycles. The molecule has 0 aliphatic rings. The van der Waals surface area contributed by atoms with Gasteiger partial charge in [-0.25, -0.2) is 0 Å². The number of rotatable bonds is 7. The van der Waals surface area contributed by atoms with E-state index in [0.29, 0.717) is 31.0 Å². The second-order valence-corrected chi connectivity index (χ2v) is 4.46. The van der Waals surface area contributed by atoms with Crippen molar-refractivity contribution in [2.75, 3.05) is 11.9 Å². The molecular formula is C11H18N4O4. The Morgan fingerprint density at radius 2 is 2.26 bits per heavy atom. The Balaban J connectivity index is 2.58. The number of carboxylic acids is 1. The molecule has 1 rings (SSSR count). The van der Waals surface area contributed by atoms with Gasteiger partial charge in [0.15, 0.2) is 0 Å². The average Bonchev–Trinajstić information content (AvgIpc) is 2.62. The van der Waals surface area contributed by atoms with Crippen LogP contribution in [-0.4, -0.2) is 32.1 Å². The molecule has 8 heteroatoms. The fourth-order valence-corrected chi connectivity index (χ4v) is 1.66. The number of hydrogen-bond acceptors (Lipinski definition) is 5. The first-order valence-corrected chi connectivity index (χ1v) is 5.99. The highest BCUT2D eigenvalue weighted by molar-refractivity contribution is 5.69. The van der Waals surface area contributed by atoms with Crippen LogP contribution in [-0.2, 0) is 11.8 Å². The molecule has 0 bridgehead atoms. The molecule has 0 spiro atoms. The van der Waals surface area contributed by atoms with E-state index in [4.69, 9.17) is 5.11 Å². The third-order valence-corrected chi connectivity index (χ3v) is 3.00. The Morgan fingerprint density at radius 3 is 2.79 bits per heavy atom. The third kappa shape index (κ3) is 3.67. The van der Waals surface area contributed by atoms with E-state index in [1.54, 1.807) is 25.5 Å². The van der Waals surface area contributed by atoms with Crippen molar-refractivity contribution in [1.82, 2.24) is 9.55 Å². The Morgan fingerprint density at radius 1 is 1.63 bits per heavy atom. The summed E-state index contributed by atoms with van der Waals surface area (Å²) in [6.07, 6.45) is 1.14. The first-order chi connectivity index (χ1) is 8.84. The SMILES string of the molecule is Cc1nc([N+](=O)[O-])c(NCCCC(C)C(=O)O)n1C. The fourth-order valence-electron chi connectivity index (χ4n) is 1.66. The lowest BCUT2D eigenvalue weighted by Crippen LogP contribution is -2.13. The normalized spacial score (nSPS) is 12.2. The van der Waals surface area contributed by atoms with Crippen LogP contribution in [0.3, 0.4) is 0 Å². The molecule has 1 unspecified atom stereocenters. The number of nitrogens with one attached hydrogen (secondary N) is 1. The van der Waals surface area contributed by atoms with E-state index in [9.17, 15) is 14.9 Å². The van der Waals surface area contributed by atoms with Gasteiger partial charge in [0.25, 0.3) is 0 Å². The number of anilines is 1. The van der Waals surface area contributed by atoms with Gasteiger partial charge in [-0.15, -0.1) is 0 Å². The van der Waals surface area contributed by atoms with Gasteiger partial charge < -0.3 is 20.5 Å². The van der Waals surface area contributed by atoms with Gasteiger partial charge in [-0.1, -0.05) is 6.92 Å². The van der Waals surface area contributed by atoms with Crippen LogP contribution >= 0.6 is 0 Å². The maximum absolute atomic E-state index is 10.8. The lowest BCUT2D eigenvalue weighted by atomic mass is 10.1. The minimum Gasteiger partial charge on any atom is -0.481 e. The zero-order chi connectivity index (χ0) is 14.6. The summed E-state index contributed by atoms with van der Waals surface area (Å²) in [6, 6.07) is 0. The summed E-state index contributed by atoms with van der Waals surface area (Å²) < 4.78 is 1.61. The molecule has 0 radical (unpaired) electrons. The molecule has 0 aromatic carbocycles. The highest BCUT2D eigenvalue weighted by atomic mass is 16.6. The van der Waals surface area contributed by atoms with Crippen LogP contribution in [0.15, 0.2) is 0 Å². The summed E-state index contributed by atoms with van der Waals surface area (Å²) in [5, 5.41) is 22.5. The number of hydrogen-bond donors (Lipinski definition) is 2. The molecule has 1 atom stereocenters. The topological polar surface area (TPSA) is 110 Å². The maximum atomic E-state index is 10.8. The van der Waals surface area contributed by atoms with Gasteiger partial charge in [-0.05, 0) is 22.7 Å². The van der Waals surface area contributed by atoms with Crippen molar-refractivity contribution in [3.63, 3.8) is 0 Å². The number of nitrogens with zero attached hydrogens (tertiary/aromatic N) is 3. The van der Waals surface area contributed by atoms with Crippen molar-refractivity contribution < 1.29 is 14.8 Å². The predicted molar refractivity (Wildman–Crippen MR) is 69.1 cm³/mol. The molecule has 0 aliphatic heterocycles. The molecule has 2 N–H and O–H groups in total. The van der Waals surface area contributed by atoms with Crippen LogP contribution in [0.5, 0.6) is 0 Å². The fraction of sp³-hybridized carbons (Fsp3) is 0.636. The molecule has 0 saturated heterocycles. The van der Waals surface area contributed by atoms with Gasteiger partial charge in [0, 0.05) is 20.5 Å². The van der Waals surface area contributed by atoms with E-state index in [-0.39, 0.29) is 5.82 Å². The van der Waals surface area contributed by atoms with Crippen LogP contribution in [0.4, 0.5) is 11.6 Å². The van der Waals surface area contributed by atoms with Crippen molar-refractivity contribution in [1.29, 1.82) is 0 Å². The van der Waals surface area contributed by atoms with E-state index < -0.39 is 16.8 Å². The molecular weight excluding hydrogens is 252 g/mol. The van der Waals surface area contributed by atoms with Gasteiger partial charge in [0.2, 0.25) is 11.6 Å². The summed E-state index contributed by atoms with van der Waals surface area (Å²) >= 11 is 0. The Bertz CT molecular complexity index is 483. The number of imidazole rings is 1. The lowest BCUT2D eigenvalue weighted by Gasteiger charge is -2.08.